The normalized spacial score (nSPS) is 15.1. The molecule has 2 amide bonds. The summed E-state index contributed by atoms with van der Waals surface area (Å²) in [5.74, 6) is -0.331. The highest BCUT2D eigenvalue weighted by Crippen LogP contribution is 2.34. The van der Waals surface area contributed by atoms with E-state index in [0.717, 1.165) is 11.3 Å². The van der Waals surface area contributed by atoms with Crippen LogP contribution in [-0.4, -0.2) is 21.8 Å². The van der Waals surface area contributed by atoms with Crippen molar-refractivity contribution >= 4 is 34.8 Å². The van der Waals surface area contributed by atoms with Crippen LogP contribution in [0.3, 0.4) is 0 Å². The first-order chi connectivity index (χ1) is 9.63. The van der Waals surface area contributed by atoms with E-state index in [9.17, 15) is 9.59 Å². The van der Waals surface area contributed by atoms with Crippen LogP contribution in [0.1, 0.15) is 18.2 Å². The molecule has 20 heavy (non-hydrogen) atoms. The van der Waals surface area contributed by atoms with Gasteiger partial charge in [-0.1, -0.05) is 0 Å². The molecule has 3 N–H and O–H groups in total. The Morgan fingerprint density at radius 1 is 1.40 bits per heavy atom. The third-order valence-electron chi connectivity index (χ3n) is 2.93. The van der Waals surface area contributed by atoms with Crippen LogP contribution in [-0.2, 0) is 9.59 Å². The molecular weight excluding hydrogens is 256 g/mol. The van der Waals surface area contributed by atoms with Crippen LogP contribution in [0.2, 0.25) is 0 Å². The lowest BCUT2D eigenvalue weighted by Gasteiger charge is -2.04. The van der Waals surface area contributed by atoms with Crippen molar-refractivity contribution in [3.05, 3.63) is 42.0 Å². The minimum Gasteiger partial charge on any atom is -0.351 e. The monoisotopic (exact) mass is 268 g/mol. The van der Waals surface area contributed by atoms with Crippen LogP contribution in [0.25, 0.3) is 11.6 Å². The van der Waals surface area contributed by atoms with Gasteiger partial charge >= 0.3 is 0 Å². The van der Waals surface area contributed by atoms with Gasteiger partial charge in [-0.2, -0.15) is 0 Å². The average Bonchev–Trinajstić information content (AvgIpc) is 2.99. The van der Waals surface area contributed by atoms with Gasteiger partial charge in [-0.15, -0.1) is 0 Å². The lowest BCUT2D eigenvalue weighted by Crippen LogP contribution is -2.05. The highest BCUT2D eigenvalue weighted by molar-refractivity contribution is 6.35. The van der Waals surface area contributed by atoms with Crippen molar-refractivity contribution in [2.45, 2.75) is 6.92 Å². The number of hydrogen-bond donors (Lipinski definition) is 3. The zero-order valence-corrected chi connectivity index (χ0v) is 10.7. The van der Waals surface area contributed by atoms with Crippen LogP contribution in [0, 0.1) is 0 Å². The van der Waals surface area contributed by atoms with Gasteiger partial charge in [0.2, 0.25) is 5.91 Å². The quantitative estimate of drug-likeness (QED) is 0.726. The Labute approximate surface area is 114 Å². The molecule has 2 heterocycles. The number of benzene rings is 1. The average molecular weight is 268 g/mol. The summed E-state index contributed by atoms with van der Waals surface area (Å²) in [5, 5.41) is 5.48. The molecule has 0 unspecified atom stereocenters. The molecule has 0 fully saturated rings. The maximum atomic E-state index is 12.0. The first-order valence-corrected chi connectivity index (χ1v) is 6.07. The van der Waals surface area contributed by atoms with E-state index in [1.165, 1.54) is 6.92 Å². The summed E-state index contributed by atoms with van der Waals surface area (Å²) >= 11 is 0. The predicted molar refractivity (Wildman–Crippen MR) is 75.8 cm³/mol. The summed E-state index contributed by atoms with van der Waals surface area (Å²) in [4.78, 5) is 30.0. The van der Waals surface area contributed by atoms with Crippen LogP contribution in [0.5, 0.6) is 0 Å². The third kappa shape index (κ3) is 2.18. The lowest BCUT2D eigenvalue weighted by atomic mass is 10.1. The van der Waals surface area contributed by atoms with Gasteiger partial charge in [0, 0.05) is 30.1 Å². The molecular formula is C14H12N4O2. The summed E-state index contributed by atoms with van der Waals surface area (Å²) in [6.45, 7) is 1.44. The molecule has 0 aliphatic carbocycles. The number of rotatable bonds is 2. The van der Waals surface area contributed by atoms with E-state index in [0.29, 0.717) is 17.0 Å². The van der Waals surface area contributed by atoms with Crippen molar-refractivity contribution < 1.29 is 9.59 Å². The van der Waals surface area contributed by atoms with Gasteiger partial charge in [0.25, 0.3) is 5.91 Å². The molecule has 0 saturated carbocycles. The lowest BCUT2D eigenvalue weighted by molar-refractivity contribution is -0.114. The van der Waals surface area contributed by atoms with Crippen molar-refractivity contribution in [3.63, 3.8) is 0 Å². The molecule has 0 bridgehead atoms. The van der Waals surface area contributed by atoms with Crippen molar-refractivity contribution in [3.8, 4) is 0 Å². The van der Waals surface area contributed by atoms with Gasteiger partial charge in [-0.3, -0.25) is 9.59 Å². The number of hydrogen-bond acceptors (Lipinski definition) is 3. The highest BCUT2D eigenvalue weighted by Gasteiger charge is 2.24. The van der Waals surface area contributed by atoms with E-state index in [1.807, 2.05) is 0 Å². The van der Waals surface area contributed by atoms with E-state index < -0.39 is 0 Å². The van der Waals surface area contributed by atoms with Crippen molar-refractivity contribution in [1.29, 1.82) is 0 Å². The number of carbonyl (C=O) groups is 2. The Balaban J connectivity index is 2.04. The van der Waals surface area contributed by atoms with Crippen LogP contribution in [0.4, 0.5) is 11.4 Å². The largest absolute Gasteiger partial charge is 0.351 e. The second-order valence-corrected chi connectivity index (χ2v) is 4.45. The Hall–Kier alpha value is -2.89. The fourth-order valence-electron chi connectivity index (χ4n) is 2.11. The van der Waals surface area contributed by atoms with E-state index in [2.05, 4.69) is 20.6 Å². The van der Waals surface area contributed by atoms with Crippen LogP contribution < -0.4 is 10.6 Å². The molecule has 6 nitrogen and oxygen atoms in total. The maximum Gasteiger partial charge on any atom is 0.256 e. The summed E-state index contributed by atoms with van der Waals surface area (Å²) in [6, 6.07) is 5.29. The Morgan fingerprint density at radius 2 is 2.25 bits per heavy atom. The van der Waals surface area contributed by atoms with Gasteiger partial charge in [-0.25, -0.2) is 4.98 Å². The molecule has 1 aliphatic heterocycles. The number of amides is 2. The zero-order chi connectivity index (χ0) is 14.1. The van der Waals surface area contributed by atoms with E-state index in [4.69, 9.17) is 0 Å². The smallest absolute Gasteiger partial charge is 0.256 e. The number of aromatic nitrogens is 2. The number of fused-ring (bicyclic) bond motifs is 1. The number of imidazole rings is 1. The maximum absolute atomic E-state index is 12.0. The van der Waals surface area contributed by atoms with Gasteiger partial charge in [0.05, 0.1) is 17.6 Å². The van der Waals surface area contributed by atoms with Gasteiger partial charge in [0.15, 0.2) is 0 Å². The van der Waals surface area contributed by atoms with Crippen LogP contribution >= 0.6 is 0 Å². The topological polar surface area (TPSA) is 86.9 Å². The molecule has 100 valence electrons. The van der Waals surface area contributed by atoms with E-state index in [1.54, 1.807) is 36.8 Å². The molecule has 3 rings (SSSR count). The second-order valence-electron chi connectivity index (χ2n) is 4.45. The number of carbonyl (C=O) groups excluding carboxylic acids is 2. The fraction of sp³-hybridized carbons (Fsp3) is 0.0714. The number of nitrogens with one attached hydrogen (secondary N) is 3. The minimum atomic E-state index is -0.178. The first kappa shape index (κ1) is 12.2. The Bertz CT molecular complexity index is 717. The minimum absolute atomic E-state index is 0.153. The van der Waals surface area contributed by atoms with Crippen molar-refractivity contribution in [2.75, 3.05) is 10.6 Å². The molecule has 0 atom stereocenters. The SMILES string of the molecule is CC(=O)Nc1ccc2c(c1)/C(=C/c1c[nH]cn1)C(=O)N2. The molecule has 2 aromatic rings. The summed E-state index contributed by atoms with van der Waals surface area (Å²) in [7, 11) is 0. The Kier molecular flexibility index (Phi) is 2.83. The molecule has 0 radical (unpaired) electrons. The predicted octanol–water partition coefficient (Wildman–Crippen LogP) is 1.86. The number of aromatic amines is 1. The number of nitrogens with zero attached hydrogens (tertiary/aromatic N) is 1. The standard InChI is InChI=1S/C14H12N4O2/c1-8(19)17-9-2-3-13-11(4-9)12(14(20)18-13)5-10-6-15-7-16-10/h2-7H,1H3,(H,15,16)(H,17,19)(H,18,20)/b12-5-. The van der Waals surface area contributed by atoms with Gasteiger partial charge < -0.3 is 15.6 Å². The molecule has 0 spiro atoms. The van der Waals surface area contributed by atoms with Crippen molar-refractivity contribution in [2.24, 2.45) is 0 Å². The second kappa shape index (κ2) is 4.65. The van der Waals surface area contributed by atoms with Gasteiger partial charge in [-0.05, 0) is 24.3 Å². The first-order valence-electron chi connectivity index (χ1n) is 6.07. The van der Waals surface area contributed by atoms with E-state index >= 15 is 0 Å². The fourth-order valence-corrected chi connectivity index (χ4v) is 2.11. The molecule has 0 saturated heterocycles. The number of H-pyrrole nitrogens is 1. The van der Waals surface area contributed by atoms with Crippen LogP contribution in [0.15, 0.2) is 30.7 Å². The van der Waals surface area contributed by atoms with Crippen molar-refractivity contribution in [1.82, 2.24) is 9.97 Å². The molecule has 1 aromatic heterocycles. The van der Waals surface area contributed by atoms with E-state index in [-0.39, 0.29) is 11.8 Å². The zero-order valence-electron chi connectivity index (χ0n) is 10.7. The van der Waals surface area contributed by atoms with Gasteiger partial charge in [0.1, 0.15) is 0 Å². The third-order valence-corrected chi connectivity index (χ3v) is 2.93. The molecule has 1 aliphatic rings. The Morgan fingerprint density at radius 3 is 2.95 bits per heavy atom. The molecule has 1 aromatic carbocycles. The highest BCUT2D eigenvalue weighted by atomic mass is 16.2. The summed E-state index contributed by atoms with van der Waals surface area (Å²) in [6.07, 6.45) is 4.96. The number of anilines is 2. The molecule has 6 heteroatoms. The summed E-state index contributed by atoms with van der Waals surface area (Å²) < 4.78 is 0. The summed E-state index contributed by atoms with van der Waals surface area (Å²) in [5.41, 5.74) is 3.34.